The zero-order valence-corrected chi connectivity index (χ0v) is 16.4. The van der Waals surface area contributed by atoms with Crippen molar-refractivity contribution >= 4 is 11.9 Å². The van der Waals surface area contributed by atoms with E-state index in [1.54, 1.807) is 0 Å². The third-order valence-corrected chi connectivity index (χ3v) is 6.12. The van der Waals surface area contributed by atoms with Crippen LogP contribution in [-0.4, -0.2) is 36.6 Å². The molecule has 0 unspecified atom stereocenters. The normalized spacial score (nSPS) is 27.7. The minimum Gasteiger partial charge on any atom is -0.319 e. The molecular weight excluding hydrogens is 350 g/mol. The van der Waals surface area contributed by atoms with Crippen molar-refractivity contribution in [1.82, 2.24) is 10.2 Å². The van der Waals surface area contributed by atoms with E-state index in [4.69, 9.17) is 0 Å². The Balaban J connectivity index is 1.63. The number of likely N-dealkylation sites (tertiary alicyclic amines) is 1. The third-order valence-electron chi connectivity index (χ3n) is 6.12. The molecule has 2 fully saturated rings. The van der Waals surface area contributed by atoms with Crippen molar-refractivity contribution < 1.29 is 14.5 Å². The Kier molecular flexibility index (Phi) is 5.18. The zero-order chi connectivity index (χ0) is 19.6. The number of imide groups is 1. The lowest BCUT2D eigenvalue weighted by atomic mass is 9.83. The third kappa shape index (κ3) is 3.54. The van der Waals surface area contributed by atoms with Crippen LogP contribution in [0, 0.1) is 5.92 Å². The van der Waals surface area contributed by atoms with Crippen LogP contribution < -0.4 is 10.2 Å². The van der Waals surface area contributed by atoms with Gasteiger partial charge in [0.15, 0.2) is 12.2 Å². The van der Waals surface area contributed by atoms with E-state index in [9.17, 15) is 9.59 Å². The van der Waals surface area contributed by atoms with Crippen molar-refractivity contribution in [3.05, 3.63) is 71.8 Å². The summed E-state index contributed by atoms with van der Waals surface area (Å²) in [6, 6.07) is 19.2. The van der Waals surface area contributed by atoms with Crippen LogP contribution in [0.5, 0.6) is 0 Å². The highest BCUT2D eigenvalue weighted by Crippen LogP contribution is 2.32. The molecule has 5 nitrogen and oxygen atoms in total. The molecule has 0 radical (unpaired) electrons. The molecular formula is C23H28N3O2+. The summed E-state index contributed by atoms with van der Waals surface area (Å²) in [7, 11) is 0. The van der Waals surface area contributed by atoms with E-state index in [0.29, 0.717) is 13.1 Å². The molecule has 28 heavy (non-hydrogen) atoms. The smallest absolute Gasteiger partial charge is 0.319 e. The van der Waals surface area contributed by atoms with E-state index < -0.39 is 5.54 Å². The first kappa shape index (κ1) is 18.7. The molecule has 3 amide bonds. The van der Waals surface area contributed by atoms with Gasteiger partial charge >= 0.3 is 6.03 Å². The van der Waals surface area contributed by atoms with Gasteiger partial charge in [0, 0.05) is 6.42 Å². The minimum atomic E-state index is -1.04. The number of carbonyl (C=O) groups excluding carboxylic acids is 2. The largest absolute Gasteiger partial charge is 0.329 e. The maximum Gasteiger partial charge on any atom is 0.329 e. The van der Waals surface area contributed by atoms with Crippen LogP contribution in [0.4, 0.5) is 4.79 Å². The summed E-state index contributed by atoms with van der Waals surface area (Å²) >= 11 is 0. The van der Waals surface area contributed by atoms with Gasteiger partial charge in [-0.2, -0.15) is 0 Å². The molecule has 2 aliphatic rings. The molecule has 2 aliphatic heterocycles. The molecule has 2 aromatic carbocycles. The second-order valence-corrected chi connectivity index (χ2v) is 8.19. The van der Waals surface area contributed by atoms with Crippen molar-refractivity contribution in [2.24, 2.45) is 5.92 Å². The monoisotopic (exact) mass is 378 g/mol. The van der Waals surface area contributed by atoms with Gasteiger partial charge in [0.25, 0.3) is 5.91 Å². The molecule has 0 saturated carbocycles. The zero-order valence-electron chi connectivity index (χ0n) is 16.4. The summed E-state index contributed by atoms with van der Waals surface area (Å²) in [5.74, 6) is 0.590. The Bertz CT molecular complexity index is 831. The van der Waals surface area contributed by atoms with E-state index in [1.807, 2.05) is 60.7 Å². The van der Waals surface area contributed by atoms with Crippen molar-refractivity contribution in [3.63, 3.8) is 0 Å². The summed E-state index contributed by atoms with van der Waals surface area (Å²) in [5, 5.41) is 3.05. The number of quaternary nitrogens is 1. The number of piperidine rings is 1. The Labute approximate surface area is 166 Å². The van der Waals surface area contributed by atoms with Crippen molar-refractivity contribution in [2.45, 2.75) is 31.7 Å². The highest BCUT2D eigenvalue weighted by molar-refractivity contribution is 6.07. The number of amides is 3. The Morgan fingerprint density at radius 3 is 2.25 bits per heavy atom. The Hall–Kier alpha value is -2.66. The van der Waals surface area contributed by atoms with Crippen LogP contribution in [0.1, 0.15) is 30.9 Å². The van der Waals surface area contributed by atoms with Gasteiger partial charge in [-0.05, 0) is 29.9 Å². The lowest BCUT2D eigenvalue weighted by molar-refractivity contribution is -0.913. The van der Waals surface area contributed by atoms with Crippen molar-refractivity contribution in [1.29, 1.82) is 0 Å². The summed E-state index contributed by atoms with van der Waals surface area (Å²) in [4.78, 5) is 29.2. The fourth-order valence-electron chi connectivity index (χ4n) is 4.36. The second-order valence-electron chi connectivity index (χ2n) is 8.19. The highest BCUT2D eigenvalue weighted by Gasteiger charge is 2.53. The molecule has 0 bridgehead atoms. The number of nitrogens with one attached hydrogen (secondary N) is 2. The standard InChI is InChI=1S/C23H27N3O2/c1-18-12-14-25(15-13-18)17-26-21(27)23(24-22(26)28,20-10-6-3-7-11-20)16-19-8-4-2-5-9-19/h2-11,18H,12-17H2,1H3,(H,24,28)/p+1/t23-/m0/s1. The molecule has 0 aliphatic carbocycles. The molecule has 2 aromatic rings. The van der Waals surface area contributed by atoms with Gasteiger partial charge in [-0.3, -0.25) is 4.79 Å². The SMILES string of the molecule is CC1CC[NH+](CN2C(=O)N[C@@](Cc3ccccc3)(c3ccccc3)C2=O)CC1. The molecule has 0 spiro atoms. The van der Waals surface area contributed by atoms with E-state index in [0.717, 1.165) is 43.0 Å². The average molecular weight is 378 g/mol. The van der Waals surface area contributed by atoms with Gasteiger partial charge in [0.05, 0.1) is 13.1 Å². The maximum atomic E-state index is 13.6. The molecule has 2 saturated heterocycles. The number of nitrogens with zero attached hydrogens (tertiary/aromatic N) is 1. The lowest BCUT2D eigenvalue weighted by Crippen LogP contribution is -3.14. The quantitative estimate of drug-likeness (QED) is 0.782. The number of rotatable bonds is 5. The van der Waals surface area contributed by atoms with Crippen molar-refractivity contribution in [3.8, 4) is 0 Å². The number of carbonyl (C=O) groups is 2. The molecule has 2 N–H and O–H groups in total. The van der Waals surface area contributed by atoms with Crippen molar-refractivity contribution in [2.75, 3.05) is 19.8 Å². The fraction of sp³-hybridized carbons (Fsp3) is 0.391. The molecule has 4 rings (SSSR count). The van der Waals surface area contributed by atoms with Gasteiger partial charge < -0.3 is 10.2 Å². The summed E-state index contributed by atoms with van der Waals surface area (Å²) in [6.45, 7) is 4.73. The molecule has 0 aromatic heterocycles. The van der Waals surface area contributed by atoms with Crippen LogP contribution in [0.15, 0.2) is 60.7 Å². The lowest BCUT2D eigenvalue weighted by Gasteiger charge is -2.30. The topological polar surface area (TPSA) is 53.9 Å². The Morgan fingerprint density at radius 1 is 1.00 bits per heavy atom. The number of hydrogen-bond acceptors (Lipinski definition) is 2. The van der Waals surface area contributed by atoms with E-state index >= 15 is 0 Å². The first-order valence-corrected chi connectivity index (χ1v) is 10.2. The van der Waals surface area contributed by atoms with Gasteiger partial charge in [-0.1, -0.05) is 67.6 Å². The van der Waals surface area contributed by atoms with E-state index in [2.05, 4.69) is 12.2 Å². The van der Waals surface area contributed by atoms with Gasteiger partial charge in [0.1, 0.15) is 0 Å². The molecule has 1 atom stereocenters. The molecule has 2 heterocycles. The first-order valence-electron chi connectivity index (χ1n) is 10.2. The van der Waals surface area contributed by atoms with Gasteiger partial charge in [-0.15, -0.1) is 0 Å². The highest BCUT2D eigenvalue weighted by atomic mass is 16.2. The van der Waals surface area contributed by atoms with Crippen LogP contribution in [0.25, 0.3) is 0 Å². The second kappa shape index (κ2) is 7.76. The summed E-state index contributed by atoms with van der Waals surface area (Å²) in [6.07, 6.45) is 2.74. The summed E-state index contributed by atoms with van der Waals surface area (Å²) in [5.41, 5.74) is 0.824. The number of benzene rings is 2. The maximum absolute atomic E-state index is 13.6. The predicted octanol–water partition coefficient (Wildman–Crippen LogP) is 1.95. The van der Waals surface area contributed by atoms with E-state index in [1.165, 1.54) is 9.80 Å². The summed E-state index contributed by atoms with van der Waals surface area (Å²) < 4.78 is 0. The van der Waals surface area contributed by atoms with Gasteiger partial charge in [0.2, 0.25) is 0 Å². The van der Waals surface area contributed by atoms with Crippen LogP contribution in [-0.2, 0) is 16.8 Å². The fourth-order valence-corrected chi connectivity index (χ4v) is 4.36. The first-order chi connectivity index (χ1) is 13.6. The number of hydrogen-bond donors (Lipinski definition) is 2. The molecule has 5 heteroatoms. The van der Waals surface area contributed by atoms with Crippen LogP contribution >= 0.6 is 0 Å². The minimum absolute atomic E-state index is 0.140. The van der Waals surface area contributed by atoms with E-state index in [-0.39, 0.29) is 11.9 Å². The average Bonchev–Trinajstić information content (AvgIpc) is 2.96. The van der Waals surface area contributed by atoms with Crippen LogP contribution in [0.3, 0.4) is 0 Å². The molecule has 146 valence electrons. The van der Waals surface area contributed by atoms with Gasteiger partial charge in [-0.25, -0.2) is 9.69 Å². The number of urea groups is 1. The van der Waals surface area contributed by atoms with Crippen LogP contribution in [0.2, 0.25) is 0 Å². The predicted molar refractivity (Wildman–Crippen MR) is 108 cm³/mol. The Morgan fingerprint density at radius 2 is 1.61 bits per heavy atom.